The lowest BCUT2D eigenvalue weighted by molar-refractivity contribution is -0.132. The number of aromatic nitrogens is 5. The first-order chi connectivity index (χ1) is 11.8. The molecule has 0 saturated carbocycles. The Balaban J connectivity index is 1.35. The number of nitrogens with zero attached hydrogens (tertiary/aromatic N) is 4. The van der Waals surface area contributed by atoms with Crippen molar-refractivity contribution in [2.75, 3.05) is 13.1 Å². The summed E-state index contributed by atoms with van der Waals surface area (Å²) in [5.74, 6) is 1.29. The lowest BCUT2D eigenvalue weighted by Gasteiger charge is -2.32. The number of carbonyl (C=O) groups excluding carboxylic acids is 1. The molecule has 0 atom stereocenters. The van der Waals surface area contributed by atoms with Gasteiger partial charge >= 0.3 is 0 Å². The average molecular weight is 324 g/mol. The van der Waals surface area contributed by atoms with E-state index in [1.54, 1.807) is 0 Å². The summed E-state index contributed by atoms with van der Waals surface area (Å²) in [6.45, 7) is 1.63. The lowest BCUT2D eigenvalue weighted by atomic mass is 9.89. The molecule has 24 heavy (non-hydrogen) atoms. The van der Waals surface area contributed by atoms with E-state index in [0.29, 0.717) is 24.6 Å². The maximum atomic E-state index is 12.3. The molecule has 0 unspecified atom stereocenters. The smallest absolute Gasteiger partial charge is 0.223 e. The van der Waals surface area contributed by atoms with Gasteiger partial charge in [0.15, 0.2) is 5.82 Å². The number of benzene rings is 1. The van der Waals surface area contributed by atoms with Crippen LogP contribution in [-0.2, 0) is 11.2 Å². The fourth-order valence-corrected chi connectivity index (χ4v) is 3.54. The van der Waals surface area contributed by atoms with Crippen LogP contribution in [0.1, 0.15) is 36.6 Å². The van der Waals surface area contributed by atoms with Gasteiger partial charge in [0.05, 0.1) is 0 Å². The molecule has 0 radical (unpaired) electrons. The van der Waals surface area contributed by atoms with E-state index < -0.39 is 0 Å². The second kappa shape index (κ2) is 6.43. The zero-order valence-electron chi connectivity index (χ0n) is 13.4. The van der Waals surface area contributed by atoms with Crippen LogP contribution in [0.4, 0.5) is 0 Å². The van der Waals surface area contributed by atoms with Crippen LogP contribution in [0, 0.1) is 0 Å². The summed E-state index contributed by atoms with van der Waals surface area (Å²) in [4.78, 5) is 17.6. The molecular formula is C17H20N6O. The van der Waals surface area contributed by atoms with E-state index in [4.69, 9.17) is 0 Å². The van der Waals surface area contributed by atoms with E-state index in [2.05, 4.69) is 50.0 Å². The molecule has 4 rings (SSSR count). The number of nitrogens with one attached hydrogen (secondary N) is 2. The third-order valence-corrected chi connectivity index (χ3v) is 4.86. The zero-order valence-corrected chi connectivity index (χ0v) is 13.4. The van der Waals surface area contributed by atoms with Crippen molar-refractivity contribution in [1.82, 2.24) is 30.5 Å². The number of tetrazole rings is 1. The van der Waals surface area contributed by atoms with Crippen LogP contribution in [0.2, 0.25) is 0 Å². The molecule has 1 aliphatic heterocycles. The van der Waals surface area contributed by atoms with Gasteiger partial charge in [-0.1, -0.05) is 23.4 Å². The number of amides is 1. The highest BCUT2D eigenvalue weighted by molar-refractivity contribution is 5.83. The first-order valence-corrected chi connectivity index (χ1v) is 8.37. The molecule has 0 spiro atoms. The van der Waals surface area contributed by atoms with Crippen molar-refractivity contribution >= 4 is 16.8 Å². The van der Waals surface area contributed by atoms with Crippen molar-refractivity contribution in [3.8, 4) is 0 Å². The van der Waals surface area contributed by atoms with E-state index in [-0.39, 0.29) is 5.91 Å². The Labute approximate surface area is 139 Å². The Kier molecular flexibility index (Phi) is 3.98. The van der Waals surface area contributed by atoms with Crippen molar-refractivity contribution in [1.29, 1.82) is 0 Å². The zero-order chi connectivity index (χ0) is 16.4. The number of likely N-dealkylation sites (tertiary alicyclic amines) is 1. The van der Waals surface area contributed by atoms with Crippen LogP contribution in [0.25, 0.3) is 10.9 Å². The van der Waals surface area contributed by atoms with E-state index >= 15 is 0 Å². The molecule has 2 N–H and O–H groups in total. The van der Waals surface area contributed by atoms with Gasteiger partial charge < -0.3 is 9.88 Å². The maximum Gasteiger partial charge on any atom is 0.223 e. The fourth-order valence-electron chi connectivity index (χ4n) is 3.54. The summed E-state index contributed by atoms with van der Waals surface area (Å²) < 4.78 is 0. The number of aryl methyl sites for hydroxylation is 1. The summed E-state index contributed by atoms with van der Waals surface area (Å²) in [5, 5.41) is 15.0. The largest absolute Gasteiger partial charge is 0.361 e. The Morgan fingerprint density at radius 1 is 1.25 bits per heavy atom. The van der Waals surface area contributed by atoms with E-state index in [9.17, 15) is 4.79 Å². The highest BCUT2D eigenvalue weighted by atomic mass is 16.2. The van der Waals surface area contributed by atoms with Gasteiger partial charge in [-0.3, -0.25) is 4.79 Å². The molecule has 1 aromatic carbocycles. The first-order valence-electron chi connectivity index (χ1n) is 8.37. The normalized spacial score (nSPS) is 15.9. The van der Waals surface area contributed by atoms with Crippen LogP contribution in [0.5, 0.6) is 0 Å². The lowest BCUT2D eigenvalue weighted by Crippen LogP contribution is -2.38. The quantitative estimate of drug-likeness (QED) is 0.768. The molecule has 1 saturated heterocycles. The Hall–Kier alpha value is -2.70. The van der Waals surface area contributed by atoms with Crippen molar-refractivity contribution in [2.45, 2.75) is 31.6 Å². The minimum Gasteiger partial charge on any atom is -0.361 e. The van der Waals surface area contributed by atoms with Crippen molar-refractivity contribution in [3.63, 3.8) is 0 Å². The van der Waals surface area contributed by atoms with E-state index in [1.807, 2.05) is 11.0 Å². The molecule has 3 aromatic rings. The Bertz CT molecular complexity index is 817. The van der Waals surface area contributed by atoms with Gasteiger partial charge in [-0.2, -0.15) is 5.21 Å². The van der Waals surface area contributed by atoms with E-state index in [1.165, 1.54) is 16.5 Å². The number of H-pyrrole nitrogens is 2. The molecule has 1 aliphatic rings. The van der Waals surface area contributed by atoms with Gasteiger partial charge in [0.2, 0.25) is 5.91 Å². The van der Waals surface area contributed by atoms with Gasteiger partial charge in [-0.05, 0) is 30.4 Å². The first kappa shape index (κ1) is 14.9. The number of carbonyl (C=O) groups is 1. The number of rotatable bonds is 4. The summed E-state index contributed by atoms with van der Waals surface area (Å²) in [6, 6.07) is 8.41. The molecule has 7 nitrogen and oxygen atoms in total. The highest BCUT2D eigenvalue weighted by Gasteiger charge is 2.25. The van der Waals surface area contributed by atoms with Crippen molar-refractivity contribution < 1.29 is 4.79 Å². The number of hydrogen-bond acceptors (Lipinski definition) is 4. The van der Waals surface area contributed by atoms with Crippen molar-refractivity contribution in [2.24, 2.45) is 0 Å². The second-order valence-corrected chi connectivity index (χ2v) is 6.27. The number of fused-ring (bicyclic) bond motifs is 1. The maximum absolute atomic E-state index is 12.3. The van der Waals surface area contributed by atoms with Gasteiger partial charge in [-0.15, -0.1) is 10.2 Å². The molecule has 0 aliphatic carbocycles. The third-order valence-electron chi connectivity index (χ3n) is 4.86. The second-order valence-electron chi connectivity index (χ2n) is 6.27. The molecule has 7 heteroatoms. The van der Waals surface area contributed by atoms with Gasteiger partial charge in [-0.25, -0.2) is 0 Å². The number of piperidine rings is 1. The fraction of sp³-hybridized carbons (Fsp3) is 0.412. The van der Waals surface area contributed by atoms with Gasteiger partial charge in [0, 0.05) is 43.0 Å². The molecular weight excluding hydrogens is 304 g/mol. The summed E-state index contributed by atoms with van der Waals surface area (Å²) in [7, 11) is 0. The number of hydrogen-bond donors (Lipinski definition) is 2. The van der Waals surface area contributed by atoms with Crippen LogP contribution >= 0.6 is 0 Å². The van der Waals surface area contributed by atoms with Gasteiger partial charge in [0.1, 0.15) is 0 Å². The SMILES string of the molecule is O=C(CCc1nn[nH]n1)N1CCC(c2c[nH]c3ccccc23)CC1. The molecule has 1 fully saturated rings. The predicted molar refractivity (Wildman–Crippen MR) is 89.4 cm³/mol. The molecule has 0 bridgehead atoms. The number of para-hydroxylation sites is 1. The molecule has 124 valence electrons. The highest BCUT2D eigenvalue weighted by Crippen LogP contribution is 2.33. The summed E-state index contributed by atoms with van der Waals surface area (Å²) in [6.07, 6.45) is 5.13. The molecule has 3 heterocycles. The molecule has 2 aromatic heterocycles. The molecule has 1 amide bonds. The van der Waals surface area contributed by atoms with E-state index in [0.717, 1.165) is 25.9 Å². The van der Waals surface area contributed by atoms with Crippen LogP contribution in [0.3, 0.4) is 0 Å². The van der Waals surface area contributed by atoms with Gasteiger partial charge in [0.25, 0.3) is 0 Å². The van der Waals surface area contributed by atoms with Crippen molar-refractivity contribution in [3.05, 3.63) is 41.9 Å². The Morgan fingerprint density at radius 3 is 2.88 bits per heavy atom. The minimum absolute atomic E-state index is 0.178. The number of aromatic amines is 2. The summed E-state index contributed by atoms with van der Waals surface area (Å²) in [5.41, 5.74) is 2.57. The average Bonchev–Trinajstić information content (AvgIpc) is 3.29. The third kappa shape index (κ3) is 2.89. The monoisotopic (exact) mass is 324 g/mol. The summed E-state index contributed by atoms with van der Waals surface area (Å²) >= 11 is 0. The standard InChI is InChI=1S/C17H20N6O/c24-17(6-5-16-19-21-22-20-16)23-9-7-12(8-10-23)14-11-18-15-4-2-1-3-13(14)15/h1-4,11-12,18H,5-10H2,(H,19,20,21,22). The Morgan fingerprint density at radius 2 is 2.08 bits per heavy atom. The topological polar surface area (TPSA) is 90.6 Å². The predicted octanol–water partition coefficient (Wildman–Crippen LogP) is 2.02. The minimum atomic E-state index is 0.178. The van der Waals surface area contributed by atoms with Crippen LogP contribution in [-0.4, -0.2) is 49.5 Å². The van der Waals surface area contributed by atoms with Crippen LogP contribution < -0.4 is 0 Å². The van der Waals surface area contributed by atoms with Crippen LogP contribution in [0.15, 0.2) is 30.5 Å².